The monoisotopic (exact) mass is 296 g/mol. The lowest BCUT2D eigenvalue weighted by Crippen LogP contribution is -2.38. The number of nitrogens with zero attached hydrogens (tertiary/aromatic N) is 2. The summed E-state index contributed by atoms with van der Waals surface area (Å²) in [5, 5.41) is 10.0. The van der Waals surface area contributed by atoms with Gasteiger partial charge in [0.05, 0.1) is 17.1 Å². The second-order valence-corrected chi connectivity index (χ2v) is 6.70. The van der Waals surface area contributed by atoms with E-state index in [9.17, 15) is 4.79 Å². The molecular formula is C15H24N2O2S. The Morgan fingerprint density at radius 2 is 2.30 bits per heavy atom. The van der Waals surface area contributed by atoms with E-state index < -0.39 is 5.97 Å². The van der Waals surface area contributed by atoms with Crippen LogP contribution in [-0.4, -0.2) is 40.1 Å². The molecule has 0 saturated carbocycles. The molecule has 1 atom stereocenters. The fourth-order valence-corrected chi connectivity index (χ4v) is 3.96. The van der Waals surface area contributed by atoms with Crippen molar-refractivity contribution in [1.29, 1.82) is 0 Å². The van der Waals surface area contributed by atoms with Crippen molar-refractivity contribution in [2.24, 2.45) is 0 Å². The van der Waals surface area contributed by atoms with Gasteiger partial charge in [0.1, 0.15) is 0 Å². The number of piperidine rings is 1. The Hall–Kier alpha value is -0.940. The van der Waals surface area contributed by atoms with E-state index in [0.29, 0.717) is 6.04 Å². The van der Waals surface area contributed by atoms with Crippen molar-refractivity contribution in [3.63, 3.8) is 0 Å². The Kier molecular flexibility index (Phi) is 5.54. The molecule has 2 rings (SSSR count). The molecular weight excluding hydrogens is 272 g/mol. The van der Waals surface area contributed by atoms with Gasteiger partial charge in [-0.1, -0.05) is 13.3 Å². The molecule has 1 saturated heterocycles. The first kappa shape index (κ1) is 15.4. The molecule has 0 spiro atoms. The molecule has 1 aliphatic rings. The summed E-state index contributed by atoms with van der Waals surface area (Å²) in [6.07, 6.45) is 5.81. The number of carboxylic acids is 1. The van der Waals surface area contributed by atoms with E-state index in [0.717, 1.165) is 35.0 Å². The van der Waals surface area contributed by atoms with Crippen molar-refractivity contribution < 1.29 is 9.90 Å². The zero-order valence-corrected chi connectivity index (χ0v) is 13.2. The van der Waals surface area contributed by atoms with Gasteiger partial charge in [-0.15, -0.1) is 11.3 Å². The summed E-state index contributed by atoms with van der Waals surface area (Å²) >= 11 is 1.58. The minimum absolute atomic E-state index is 0.112. The van der Waals surface area contributed by atoms with Crippen molar-refractivity contribution in [2.45, 2.75) is 58.4 Å². The van der Waals surface area contributed by atoms with Crippen LogP contribution in [-0.2, 0) is 24.1 Å². The number of likely N-dealkylation sites (tertiary alicyclic amines) is 1. The van der Waals surface area contributed by atoms with Gasteiger partial charge in [0, 0.05) is 23.9 Å². The lowest BCUT2D eigenvalue weighted by Gasteiger charge is -2.33. The van der Waals surface area contributed by atoms with E-state index >= 15 is 0 Å². The van der Waals surface area contributed by atoms with Crippen molar-refractivity contribution in [2.75, 3.05) is 13.1 Å². The summed E-state index contributed by atoms with van der Waals surface area (Å²) in [6, 6.07) is 0.674. The topological polar surface area (TPSA) is 53.4 Å². The fourth-order valence-electron chi connectivity index (χ4n) is 2.82. The molecule has 2 heterocycles. The molecule has 1 unspecified atom stereocenters. The molecule has 0 aromatic carbocycles. The van der Waals surface area contributed by atoms with Crippen LogP contribution in [0, 0.1) is 0 Å². The number of thiazole rings is 1. The standard InChI is InChI=1S/C15H24N2O2S/c1-3-12-13(10-15(18)19)20-14(16-12)7-9-17-8-5-4-6-11(17)2/h11H,3-10H2,1-2H3,(H,18,19). The van der Waals surface area contributed by atoms with E-state index in [4.69, 9.17) is 5.11 Å². The number of aryl methyl sites for hydroxylation is 1. The average Bonchev–Trinajstić information content (AvgIpc) is 2.79. The number of aliphatic carboxylic acids is 1. The number of carboxylic acid groups (broad SMARTS) is 1. The zero-order valence-electron chi connectivity index (χ0n) is 12.4. The van der Waals surface area contributed by atoms with Crippen LogP contribution in [0.1, 0.15) is 48.7 Å². The lowest BCUT2D eigenvalue weighted by atomic mass is 10.0. The summed E-state index contributed by atoms with van der Waals surface area (Å²) in [4.78, 5) is 19.0. The Bertz CT molecular complexity index is 459. The Balaban J connectivity index is 1.95. The van der Waals surface area contributed by atoms with Gasteiger partial charge in [0.15, 0.2) is 0 Å². The molecule has 1 aliphatic heterocycles. The maximum absolute atomic E-state index is 10.9. The van der Waals surface area contributed by atoms with Crippen LogP contribution in [0.3, 0.4) is 0 Å². The van der Waals surface area contributed by atoms with E-state index in [1.165, 1.54) is 25.8 Å². The second-order valence-electron chi connectivity index (χ2n) is 5.53. The predicted octanol–water partition coefficient (Wildman–Crippen LogP) is 2.75. The molecule has 0 amide bonds. The molecule has 1 aromatic heterocycles. The van der Waals surface area contributed by atoms with Crippen LogP contribution < -0.4 is 0 Å². The molecule has 0 aliphatic carbocycles. The van der Waals surface area contributed by atoms with E-state index in [1.54, 1.807) is 11.3 Å². The molecule has 0 radical (unpaired) electrons. The maximum Gasteiger partial charge on any atom is 0.308 e. The first-order chi connectivity index (χ1) is 9.60. The highest BCUT2D eigenvalue weighted by molar-refractivity contribution is 7.11. The van der Waals surface area contributed by atoms with Crippen molar-refractivity contribution in [3.05, 3.63) is 15.6 Å². The van der Waals surface area contributed by atoms with Crippen LogP contribution in [0.15, 0.2) is 0 Å². The normalized spacial score (nSPS) is 20.2. The highest BCUT2D eigenvalue weighted by Gasteiger charge is 2.19. The predicted molar refractivity (Wildman–Crippen MR) is 81.4 cm³/mol. The molecule has 0 bridgehead atoms. The van der Waals surface area contributed by atoms with Crippen LogP contribution in [0.5, 0.6) is 0 Å². The lowest BCUT2D eigenvalue weighted by molar-refractivity contribution is -0.136. The van der Waals surface area contributed by atoms with Gasteiger partial charge in [0.2, 0.25) is 0 Å². The number of hydrogen-bond acceptors (Lipinski definition) is 4. The molecule has 112 valence electrons. The van der Waals surface area contributed by atoms with E-state index in [1.807, 2.05) is 6.92 Å². The third-order valence-electron chi connectivity index (χ3n) is 4.02. The van der Waals surface area contributed by atoms with Gasteiger partial charge in [-0.25, -0.2) is 4.98 Å². The summed E-state index contributed by atoms with van der Waals surface area (Å²) in [5.41, 5.74) is 0.971. The third kappa shape index (κ3) is 4.03. The SMILES string of the molecule is CCc1nc(CCN2CCCCC2C)sc1CC(=O)O. The van der Waals surface area contributed by atoms with E-state index in [-0.39, 0.29) is 6.42 Å². The van der Waals surface area contributed by atoms with Crippen LogP contribution in [0.4, 0.5) is 0 Å². The van der Waals surface area contributed by atoms with Crippen molar-refractivity contribution in [3.8, 4) is 0 Å². The van der Waals surface area contributed by atoms with Gasteiger partial charge in [-0.05, 0) is 32.7 Å². The number of carbonyl (C=O) groups is 1. The first-order valence-corrected chi connectivity index (χ1v) is 8.35. The highest BCUT2D eigenvalue weighted by Crippen LogP contribution is 2.22. The van der Waals surface area contributed by atoms with Gasteiger partial charge in [0.25, 0.3) is 0 Å². The summed E-state index contributed by atoms with van der Waals surface area (Å²) in [5.74, 6) is -0.764. The Morgan fingerprint density at radius 1 is 1.50 bits per heavy atom. The second kappa shape index (κ2) is 7.18. The van der Waals surface area contributed by atoms with Gasteiger partial charge in [-0.3, -0.25) is 4.79 Å². The maximum atomic E-state index is 10.9. The zero-order chi connectivity index (χ0) is 14.5. The van der Waals surface area contributed by atoms with Gasteiger partial charge in [-0.2, -0.15) is 0 Å². The van der Waals surface area contributed by atoms with Crippen molar-refractivity contribution in [1.82, 2.24) is 9.88 Å². The van der Waals surface area contributed by atoms with Crippen LogP contribution >= 0.6 is 11.3 Å². The van der Waals surface area contributed by atoms with Gasteiger partial charge < -0.3 is 10.0 Å². The van der Waals surface area contributed by atoms with Gasteiger partial charge >= 0.3 is 5.97 Å². The Labute approximate surface area is 124 Å². The first-order valence-electron chi connectivity index (χ1n) is 7.53. The van der Waals surface area contributed by atoms with Crippen LogP contribution in [0.25, 0.3) is 0 Å². The molecule has 1 fully saturated rings. The smallest absolute Gasteiger partial charge is 0.308 e. The molecule has 5 heteroatoms. The minimum atomic E-state index is -0.764. The number of rotatable bonds is 6. The van der Waals surface area contributed by atoms with Crippen molar-refractivity contribution >= 4 is 17.3 Å². The highest BCUT2D eigenvalue weighted by atomic mass is 32.1. The number of aromatic nitrogens is 1. The molecule has 1 aromatic rings. The fraction of sp³-hybridized carbons (Fsp3) is 0.733. The third-order valence-corrected chi connectivity index (χ3v) is 5.18. The average molecular weight is 296 g/mol. The number of hydrogen-bond donors (Lipinski definition) is 1. The van der Waals surface area contributed by atoms with E-state index in [2.05, 4.69) is 16.8 Å². The molecule has 20 heavy (non-hydrogen) atoms. The summed E-state index contributed by atoms with van der Waals surface area (Å²) in [6.45, 7) is 6.57. The minimum Gasteiger partial charge on any atom is -0.481 e. The summed E-state index contributed by atoms with van der Waals surface area (Å²) in [7, 11) is 0. The quantitative estimate of drug-likeness (QED) is 0.877. The van der Waals surface area contributed by atoms with Crippen LogP contribution in [0.2, 0.25) is 0 Å². The largest absolute Gasteiger partial charge is 0.481 e. The molecule has 4 nitrogen and oxygen atoms in total. The summed E-state index contributed by atoms with van der Waals surface area (Å²) < 4.78 is 0. The molecule has 1 N–H and O–H groups in total. The Morgan fingerprint density at radius 3 is 2.95 bits per heavy atom.